The quantitative estimate of drug-likeness (QED) is 0.522. The molecule has 0 bridgehead atoms. The zero-order valence-corrected chi connectivity index (χ0v) is 18.7. The lowest BCUT2D eigenvalue weighted by molar-refractivity contribution is -0.136. The van der Waals surface area contributed by atoms with Gasteiger partial charge in [-0.25, -0.2) is 8.42 Å². The molecule has 0 spiro atoms. The highest BCUT2D eigenvalue weighted by Gasteiger charge is 2.34. The van der Waals surface area contributed by atoms with Crippen LogP contribution < -0.4 is 4.74 Å². The molecule has 5 nitrogen and oxygen atoms in total. The Morgan fingerprint density at radius 1 is 1.03 bits per heavy atom. The molecule has 1 aliphatic heterocycles. The second kappa shape index (κ2) is 8.78. The first kappa shape index (κ1) is 20.9. The second-order valence-electron chi connectivity index (χ2n) is 7.51. The van der Waals surface area contributed by atoms with E-state index >= 15 is 0 Å². The van der Waals surface area contributed by atoms with Gasteiger partial charge in [-0.15, -0.1) is 0 Å². The Hall–Kier alpha value is -2.38. The molecule has 1 amide bonds. The van der Waals surface area contributed by atoms with Gasteiger partial charge in [-0.05, 0) is 47.0 Å². The van der Waals surface area contributed by atoms with E-state index < -0.39 is 9.84 Å². The Balaban J connectivity index is 1.49. The zero-order chi connectivity index (χ0) is 21.1. The largest absolute Gasteiger partial charge is 0.484 e. The van der Waals surface area contributed by atoms with Gasteiger partial charge >= 0.3 is 0 Å². The number of sulfone groups is 1. The number of hydrogen-bond donors (Lipinski definition) is 0. The monoisotopic (exact) mass is 487 g/mol. The van der Waals surface area contributed by atoms with Crippen molar-refractivity contribution in [1.29, 1.82) is 0 Å². The van der Waals surface area contributed by atoms with Gasteiger partial charge in [0, 0.05) is 17.1 Å². The molecule has 4 rings (SSSR count). The molecule has 1 aliphatic rings. The van der Waals surface area contributed by atoms with Gasteiger partial charge < -0.3 is 9.64 Å². The topological polar surface area (TPSA) is 63.7 Å². The Labute approximate surface area is 184 Å². The number of hydrogen-bond acceptors (Lipinski definition) is 4. The van der Waals surface area contributed by atoms with Gasteiger partial charge in [-0.3, -0.25) is 4.79 Å². The molecule has 0 radical (unpaired) electrons. The summed E-state index contributed by atoms with van der Waals surface area (Å²) in [6, 6.07) is 20.9. The lowest BCUT2D eigenvalue weighted by Crippen LogP contribution is -2.43. The van der Waals surface area contributed by atoms with Crippen LogP contribution in [0.5, 0.6) is 5.75 Å². The van der Waals surface area contributed by atoms with E-state index in [9.17, 15) is 13.2 Å². The Kier molecular flexibility index (Phi) is 6.11. The van der Waals surface area contributed by atoms with Crippen LogP contribution in [0.25, 0.3) is 10.8 Å². The Morgan fingerprint density at radius 2 is 1.77 bits per heavy atom. The van der Waals surface area contributed by atoms with Gasteiger partial charge in [0.2, 0.25) is 0 Å². The van der Waals surface area contributed by atoms with Crippen LogP contribution in [-0.4, -0.2) is 43.4 Å². The average molecular weight is 488 g/mol. The number of halogens is 1. The minimum absolute atomic E-state index is 0.0103. The maximum Gasteiger partial charge on any atom is 0.261 e. The minimum atomic E-state index is -3.10. The van der Waals surface area contributed by atoms with Crippen LogP contribution in [0.15, 0.2) is 71.2 Å². The van der Waals surface area contributed by atoms with Gasteiger partial charge in [0.25, 0.3) is 5.91 Å². The summed E-state index contributed by atoms with van der Waals surface area (Å²) in [5, 5.41) is 2.09. The molecule has 0 aliphatic carbocycles. The zero-order valence-electron chi connectivity index (χ0n) is 16.3. The molecule has 1 saturated heterocycles. The predicted molar refractivity (Wildman–Crippen MR) is 121 cm³/mol. The molecule has 30 heavy (non-hydrogen) atoms. The molecule has 0 unspecified atom stereocenters. The number of benzene rings is 3. The fraction of sp³-hybridized carbons (Fsp3) is 0.261. The molecule has 1 atom stereocenters. The number of carbonyl (C=O) groups is 1. The van der Waals surface area contributed by atoms with Crippen molar-refractivity contribution in [3.8, 4) is 5.75 Å². The third-order valence-corrected chi connectivity index (χ3v) is 7.54. The molecule has 0 aromatic heterocycles. The first-order valence-corrected chi connectivity index (χ1v) is 12.4. The summed E-state index contributed by atoms with van der Waals surface area (Å²) >= 11 is 3.46. The Morgan fingerprint density at radius 3 is 2.50 bits per heavy atom. The van der Waals surface area contributed by atoms with Crippen LogP contribution in [0, 0.1) is 0 Å². The number of ether oxygens (including phenoxy) is 1. The summed E-state index contributed by atoms with van der Waals surface area (Å²) in [7, 11) is -3.10. The predicted octanol–water partition coefficient (Wildman–Crippen LogP) is 4.20. The standard InChI is InChI=1S/C23H22BrNO4S/c24-20-8-6-19-13-22(9-7-18(19)12-20)29-15-23(26)25(14-17-4-2-1-3-5-17)21-10-11-30(27,28)16-21/h1-9,12-13,21H,10-11,14-16H2/t21-/m0/s1. The van der Waals surface area contributed by atoms with E-state index in [4.69, 9.17) is 4.74 Å². The maximum atomic E-state index is 13.0. The van der Waals surface area contributed by atoms with Crippen LogP contribution in [0.4, 0.5) is 0 Å². The molecular formula is C23H22BrNO4S. The van der Waals surface area contributed by atoms with E-state index in [0.717, 1.165) is 20.8 Å². The normalized spacial score (nSPS) is 17.7. The highest BCUT2D eigenvalue weighted by molar-refractivity contribution is 9.10. The van der Waals surface area contributed by atoms with Gasteiger partial charge in [0.05, 0.1) is 11.5 Å². The van der Waals surface area contributed by atoms with Crippen molar-refractivity contribution in [2.24, 2.45) is 0 Å². The van der Waals surface area contributed by atoms with Crippen LogP contribution in [0.1, 0.15) is 12.0 Å². The van der Waals surface area contributed by atoms with Crippen molar-refractivity contribution in [3.63, 3.8) is 0 Å². The SMILES string of the molecule is O=C(COc1ccc2cc(Br)ccc2c1)N(Cc1ccccc1)[C@H]1CCS(=O)(=O)C1. The minimum Gasteiger partial charge on any atom is -0.484 e. The van der Waals surface area contributed by atoms with E-state index in [-0.39, 0.29) is 30.1 Å². The number of nitrogens with zero attached hydrogens (tertiary/aromatic N) is 1. The van der Waals surface area contributed by atoms with Gasteiger partial charge in [0.15, 0.2) is 16.4 Å². The van der Waals surface area contributed by atoms with E-state index in [1.807, 2.05) is 66.7 Å². The number of rotatable bonds is 6. The van der Waals surface area contributed by atoms with Crippen molar-refractivity contribution < 1.29 is 17.9 Å². The summed E-state index contributed by atoms with van der Waals surface area (Å²) in [6.07, 6.45) is 0.464. The van der Waals surface area contributed by atoms with Crippen molar-refractivity contribution in [1.82, 2.24) is 4.90 Å². The molecule has 1 fully saturated rings. The van der Waals surface area contributed by atoms with E-state index in [0.29, 0.717) is 18.7 Å². The van der Waals surface area contributed by atoms with Gasteiger partial charge in [-0.1, -0.05) is 58.4 Å². The average Bonchev–Trinajstić information content (AvgIpc) is 3.10. The highest BCUT2D eigenvalue weighted by Crippen LogP contribution is 2.25. The summed E-state index contributed by atoms with van der Waals surface area (Å²) < 4.78 is 30.7. The summed E-state index contributed by atoms with van der Waals surface area (Å²) in [6.45, 7) is 0.236. The third kappa shape index (κ3) is 5.02. The summed E-state index contributed by atoms with van der Waals surface area (Å²) in [5.74, 6) is 0.530. The maximum absolute atomic E-state index is 13.0. The first-order valence-electron chi connectivity index (χ1n) is 9.75. The van der Waals surface area contributed by atoms with Crippen molar-refractivity contribution in [3.05, 3.63) is 76.8 Å². The third-order valence-electron chi connectivity index (χ3n) is 5.30. The summed E-state index contributed by atoms with van der Waals surface area (Å²) in [4.78, 5) is 14.7. The first-order chi connectivity index (χ1) is 14.4. The van der Waals surface area contributed by atoms with Crippen LogP contribution in [-0.2, 0) is 21.2 Å². The number of carbonyl (C=O) groups excluding carboxylic acids is 1. The van der Waals surface area contributed by atoms with Crippen molar-refractivity contribution in [2.45, 2.75) is 19.0 Å². The fourth-order valence-corrected chi connectivity index (χ4v) is 5.84. The lowest BCUT2D eigenvalue weighted by Gasteiger charge is -2.28. The molecule has 7 heteroatoms. The van der Waals surface area contributed by atoms with Gasteiger partial charge in [-0.2, -0.15) is 0 Å². The molecule has 156 valence electrons. The van der Waals surface area contributed by atoms with E-state index in [1.54, 1.807) is 4.90 Å². The molecule has 0 N–H and O–H groups in total. The molecule has 0 saturated carbocycles. The van der Waals surface area contributed by atoms with Gasteiger partial charge in [0.1, 0.15) is 5.75 Å². The molecule has 1 heterocycles. The van der Waals surface area contributed by atoms with Crippen molar-refractivity contribution in [2.75, 3.05) is 18.1 Å². The van der Waals surface area contributed by atoms with Crippen LogP contribution >= 0.6 is 15.9 Å². The molecule has 3 aromatic carbocycles. The van der Waals surface area contributed by atoms with E-state index in [2.05, 4.69) is 15.9 Å². The van der Waals surface area contributed by atoms with Crippen molar-refractivity contribution >= 4 is 42.4 Å². The van der Waals surface area contributed by atoms with E-state index in [1.165, 1.54) is 0 Å². The lowest BCUT2D eigenvalue weighted by atomic mass is 10.1. The second-order valence-corrected chi connectivity index (χ2v) is 10.7. The smallest absolute Gasteiger partial charge is 0.261 e. The Bertz CT molecular complexity index is 1160. The highest BCUT2D eigenvalue weighted by atomic mass is 79.9. The number of amides is 1. The number of fused-ring (bicyclic) bond motifs is 1. The molecule has 3 aromatic rings. The molecular weight excluding hydrogens is 466 g/mol. The summed E-state index contributed by atoms with van der Waals surface area (Å²) in [5.41, 5.74) is 0.964. The van der Waals surface area contributed by atoms with Crippen LogP contribution in [0.2, 0.25) is 0 Å². The van der Waals surface area contributed by atoms with Crippen LogP contribution in [0.3, 0.4) is 0 Å². The fourth-order valence-electron chi connectivity index (χ4n) is 3.73.